The fourth-order valence-corrected chi connectivity index (χ4v) is 2.73. The second-order valence-corrected chi connectivity index (χ2v) is 5.44. The molecule has 3 N–H and O–H groups in total. The van der Waals surface area contributed by atoms with E-state index in [1.165, 1.54) is 25.7 Å². The molecular weight excluding hydrogens is 240 g/mol. The molecule has 2 aliphatic rings. The van der Waals surface area contributed by atoms with Crippen molar-refractivity contribution in [3.63, 3.8) is 0 Å². The van der Waals surface area contributed by atoms with E-state index in [-0.39, 0.29) is 0 Å². The summed E-state index contributed by atoms with van der Waals surface area (Å²) in [4.78, 5) is 17.7. The van der Waals surface area contributed by atoms with E-state index in [2.05, 4.69) is 15.2 Å². The predicted molar refractivity (Wildman–Crippen MR) is 74.1 cm³/mol. The maximum absolute atomic E-state index is 11.2. The van der Waals surface area contributed by atoms with Gasteiger partial charge >= 0.3 is 0 Å². The van der Waals surface area contributed by atoms with Crippen LogP contribution in [0.3, 0.4) is 0 Å². The van der Waals surface area contributed by atoms with E-state index in [1.807, 2.05) is 12.1 Å². The summed E-state index contributed by atoms with van der Waals surface area (Å²) in [5.74, 6) is -0.461. The normalized spacial score (nSPS) is 22.4. The van der Waals surface area contributed by atoms with Crippen LogP contribution in [0, 0.1) is 0 Å². The minimum Gasteiger partial charge on any atom is -0.367 e. The molecule has 0 spiro atoms. The first-order valence-corrected chi connectivity index (χ1v) is 7.00. The fraction of sp³-hybridized carbons (Fsp3) is 0.571. The Morgan fingerprint density at radius 1 is 1.47 bits per heavy atom. The molecule has 3 rings (SSSR count). The Morgan fingerprint density at radius 3 is 2.95 bits per heavy atom. The van der Waals surface area contributed by atoms with E-state index in [9.17, 15) is 4.79 Å². The van der Waals surface area contributed by atoms with E-state index in [0.29, 0.717) is 17.8 Å². The molecule has 5 nitrogen and oxygen atoms in total. The Morgan fingerprint density at radius 2 is 2.32 bits per heavy atom. The number of aromatic nitrogens is 1. The first kappa shape index (κ1) is 12.4. The van der Waals surface area contributed by atoms with Gasteiger partial charge in [0.1, 0.15) is 5.69 Å². The SMILES string of the molecule is NC(=O)c1cc(N(CC2CCCN2)C2CC2)ccn1. The summed E-state index contributed by atoms with van der Waals surface area (Å²) in [5, 5.41) is 3.53. The lowest BCUT2D eigenvalue weighted by atomic mass is 10.2. The Balaban J connectivity index is 1.78. The fourth-order valence-electron chi connectivity index (χ4n) is 2.73. The quantitative estimate of drug-likeness (QED) is 0.825. The smallest absolute Gasteiger partial charge is 0.267 e. The van der Waals surface area contributed by atoms with E-state index < -0.39 is 5.91 Å². The van der Waals surface area contributed by atoms with Crippen molar-refractivity contribution in [2.75, 3.05) is 18.0 Å². The number of carbonyl (C=O) groups excluding carboxylic acids is 1. The highest BCUT2D eigenvalue weighted by Gasteiger charge is 2.31. The number of nitrogens with two attached hydrogens (primary N) is 1. The maximum Gasteiger partial charge on any atom is 0.267 e. The van der Waals surface area contributed by atoms with Crippen LogP contribution >= 0.6 is 0 Å². The average Bonchev–Trinajstić information content (AvgIpc) is 3.13. The summed E-state index contributed by atoms with van der Waals surface area (Å²) in [6.07, 6.45) is 6.64. The number of nitrogens with one attached hydrogen (secondary N) is 1. The Kier molecular flexibility index (Phi) is 3.38. The number of pyridine rings is 1. The third-order valence-electron chi connectivity index (χ3n) is 3.89. The lowest BCUT2D eigenvalue weighted by molar-refractivity contribution is 0.0995. The molecule has 2 heterocycles. The second kappa shape index (κ2) is 5.17. The minimum absolute atomic E-state index is 0.350. The predicted octanol–water partition coefficient (Wildman–Crippen LogP) is 0.901. The Hall–Kier alpha value is -1.62. The number of hydrogen-bond acceptors (Lipinski definition) is 4. The molecule has 2 fully saturated rings. The van der Waals surface area contributed by atoms with Crippen LogP contribution in [0.1, 0.15) is 36.2 Å². The van der Waals surface area contributed by atoms with Gasteiger partial charge in [0.2, 0.25) is 0 Å². The van der Waals surface area contributed by atoms with Gasteiger partial charge in [-0.1, -0.05) is 0 Å². The highest BCUT2D eigenvalue weighted by Crippen LogP contribution is 2.32. The number of carbonyl (C=O) groups is 1. The van der Waals surface area contributed by atoms with Crippen molar-refractivity contribution in [3.05, 3.63) is 24.0 Å². The van der Waals surface area contributed by atoms with Crippen LogP contribution in [0.25, 0.3) is 0 Å². The third-order valence-corrected chi connectivity index (χ3v) is 3.89. The summed E-state index contributed by atoms with van der Waals surface area (Å²) in [6, 6.07) is 4.96. The number of anilines is 1. The minimum atomic E-state index is -0.461. The van der Waals surface area contributed by atoms with Crippen molar-refractivity contribution in [2.45, 2.75) is 37.8 Å². The first-order valence-electron chi connectivity index (χ1n) is 7.00. The van der Waals surface area contributed by atoms with Gasteiger partial charge in [0.15, 0.2) is 0 Å². The lowest BCUT2D eigenvalue weighted by Crippen LogP contribution is -2.39. The van der Waals surface area contributed by atoms with Gasteiger partial charge in [0.25, 0.3) is 5.91 Å². The van der Waals surface area contributed by atoms with Crippen molar-refractivity contribution < 1.29 is 4.79 Å². The maximum atomic E-state index is 11.2. The van der Waals surface area contributed by atoms with Gasteiger partial charge in [-0.2, -0.15) is 0 Å². The zero-order chi connectivity index (χ0) is 13.2. The molecule has 0 radical (unpaired) electrons. The van der Waals surface area contributed by atoms with Crippen molar-refractivity contribution >= 4 is 11.6 Å². The zero-order valence-electron chi connectivity index (χ0n) is 11.0. The van der Waals surface area contributed by atoms with Gasteiger partial charge in [-0.15, -0.1) is 0 Å². The number of amides is 1. The first-order chi connectivity index (χ1) is 9.24. The van der Waals surface area contributed by atoms with E-state index >= 15 is 0 Å². The molecule has 1 aliphatic carbocycles. The Labute approximate surface area is 113 Å². The molecule has 19 heavy (non-hydrogen) atoms. The standard InChI is InChI=1S/C14H20N4O/c15-14(19)13-8-12(5-7-17-13)18(11-3-4-11)9-10-2-1-6-16-10/h5,7-8,10-11,16H,1-4,6,9H2,(H2,15,19). The summed E-state index contributed by atoms with van der Waals surface area (Å²) in [6.45, 7) is 2.12. The monoisotopic (exact) mass is 260 g/mol. The molecule has 0 bridgehead atoms. The van der Waals surface area contributed by atoms with Crippen LogP contribution < -0.4 is 16.0 Å². The number of rotatable bonds is 5. The van der Waals surface area contributed by atoms with Crippen LogP contribution in [0.15, 0.2) is 18.3 Å². The van der Waals surface area contributed by atoms with Crippen molar-refractivity contribution in [1.82, 2.24) is 10.3 Å². The van der Waals surface area contributed by atoms with Gasteiger partial charge in [-0.3, -0.25) is 9.78 Å². The number of hydrogen-bond donors (Lipinski definition) is 2. The van der Waals surface area contributed by atoms with E-state index in [4.69, 9.17) is 5.73 Å². The average molecular weight is 260 g/mol. The number of primary amides is 1. The van der Waals surface area contributed by atoms with Gasteiger partial charge in [0.05, 0.1) is 0 Å². The molecular formula is C14H20N4O. The molecule has 1 atom stereocenters. The molecule has 1 saturated heterocycles. The molecule has 1 saturated carbocycles. The third kappa shape index (κ3) is 2.87. The lowest BCUT2D eigenvalue weighted by Gasteiger charge is -2.28. The zero-order valence-corrected chi connectivity index (χ0v) is 11.0. The van der Waals surface area contributed by atoms with Crippen LogP contribution in [0.2, 0.25) is 0 Å². The molecule has 1 unspecified atom stereocenters. The summed E-state index contributed by atoms with van der Waals surface area (Å²) >= 11 is 0. The molecule has 5 heteroatoms. The van der Waals surface area contributed by atoms with Crippen LogP contribution in [-0.2, 0) is 0 Å². The van der Waals surface area contributed by atoms with Crippen molar-refractivity contribution in [3.8, 4) is 0 Å². The van der Waals surface area contributed by atoms with Crippen LogP contribution in [0.4, 0.5) is 5.69 Å². The van der Waals surface area contributed by atoms with Gasteiger partial charge in [0, 0.05) is 30.5 Å². The van der Waals surface area contributed by atoms with Gasteiger partial charge in [-0.05, 0) is 44.4 Å². The highest BCUT2D eigenvalue weighted by atomic mass is 16.1. The summed E-state index contributed by atoms with van der Waals surface area (Å²) in [5.41, 5.74) is 6.72. The van der Waals surface area contributed by atoms with Crippen LogP contribution in [-0.4, -0.2) is 36.1 Å². The topological polar surface area (TPSA) is 71.2 Å². The second-order valence-electron chi connectivity index (χ2n) is 5.44. The van der Waals surface area contributed by atoms with Crippen molar-refractivity contribution in [1.29, 1.82) is 0 Å². The molecule has 102 valence electrons. The summed E-state index contributed by atoms with van der Waals surface area (Å²) in [7, 11) is 0. The van der Waals surface area contributed by atoms with E-state index in [1.54, 1.807) is 6.20 Å². The van der Waals surface area contributed by atoms with Gasteiger partial charge < -0.3 is 16.0 Å². The van der Waals surface area contributed by atoms with E-state index in [0.717, 1.165) is 18.8 Å². The molecule has 1 aliphatic heterocycles. The van der Waals surface area contributed by atoms with Crippen LogP contribution in [0.5, 0.6) is 0 Å². The molecule has 1 aromatic heterocycles. The summed E-state index contributed by atoms with van der Waals surface area (Å²) < 4.78 is 0. The number of nitrogens with zero attached hydrogens (tertiary/aromatic N) is 2. The Bertz CT molecular complexity index is 466. The van der Waals surface area contributed by atoms with Gasteiger partial charge in [-0.25, -0.2) is 0 Å². The highest BCUT2D eigenvalue weighted by molar-refractivity contribution is 5.91. The molecule has 0 aromatic carbocycles. The molecule has 1 aromatic rings. The van der Waals surface area contributed by atoms with Crippen molar-refractivity contribution in [2.24, 2.45) is 5.73 Å². The molecule has 1 amide bonds. The largest absolute Gasteiger partial charge is 0.367 e.